The van der Waals surface area contributed by atoms with Gasteiger partial charge in [0.2, 0.25) is 5.70 Å². The lowest BCUT2D eigenvalue weighted by Gasteiger charge is -2.12. The van der Waals surface area contributed by atoms with E-state index < -0.39 is 0 Å². The molecule has 1 rings (SSSR count). The number of benzene rings is 1. The van der Waals surface area contributed by atoms with Gasteiger partial charge in [-0.15, -0.1) is 0 Å². The van der Waals surface area contributed by atoms with Crippen LogP contribution in [0.3, 0.4) is 0 Å². The number of allylic oxidation sites excluding steroid dienone is 1. The van der Waals surface area contributed by atoms with Gasteiger partial charge in [0.1, 0.15) is 0 Å². The summed E-state index contributed by atoms with van der Waals surface area (Å²) < 4.78 is 0. The van der Waals surface area contributed by atoms with Crippen LogP contribution in [0, 0.1) is 10.1 Å². The first-order valence-electron chi connectivity index (χ1n) is 4.61. The zero-order chi connectivity index (χ0) is 11.4. The Labute approximate surface area is 89.0 Å². The molecule has 0 spiro atoms. The maximum Gasteiger partial charge on any atom is 0.243 e. The number of nitrogens with zero attached hydrogens (tertiary/aromatic N) is 2. The van der Waals surface area contributed by atoms with E-state index in [1.807, 2.05) is 43.3 Å². The standard InChI is InChI=1S/C11H14N2O2/c1-9(13(14)15)7-10-5-4-6-11(8-10)12(2)3/h4-8H,1-3H3. The second-order valence-corrected chi connectivity index (χ2v) is 3.53. The maximum absolute atomic E-state index is 10.4. The maximum atomic E-state index is 10.4. The van der Waals surface area contributed by atoms with E-state index >= 15 is 0 Å². The smallest absolute Gasteiger partial charge is 0.243 e. The van der Waals surface area contributed by atoms with Crippen molar-refractivity contribution in [3.63, 3.8) is 0 Å². The summed E-state index contributed by atoms with van der Waals surface area (Å²) in [4.78, 5) is 12.0. The van der Waals surface area contributed by atoms with Crippen molar-refractivity contribution in [3.8, 4) is 0 Å². The molecule has 0 unspecified atom stereocenters. The molecule has 0 aromatic heterocycles. The van der Waals surface area contributed by atoms with Crippen LogP contribution in [0.2, 0.25) is 0 Å². The summed E-state index contributed by atoms with van der Waals surface area (Å²) in [7, 11) is 3.87. The van der Waals surface area contributed by atoms with Crippen LogP contribution in [-0.2, 0) is 0 Å². The average Bonchev–Trinajstić information content (AvgIpc) is 2.18. The third kappa shape index (κ3) is 3.09. The average molecular weight is 206 g/mol. The predicted octanol–water partition coefficient (Wildman–Crippen LogP) is 2.39. The molecule has 80 valence electrons. The van der Waals surface area contributed by atoms with Gasteiger partial charge in [-0.05, 0) is 17.7 Å². The van der Waals surface area contributed by atoms with E-state index in [0.717, 1.165) is 11.3 Å². The van der Waals surface area contributed by atoms with Crippen LogP contribution in [0.4, 0.5) is 5.69 Å². The molecule has 0 heterocycles. The summed E-state index contributed by atoms with van der Waals surface area (Å²) in [5, 5.41) is 10.4. The quantitative estimate of drug-likeness (QED) is 0.563. The predicted molar refractivity (Wildman–Crippen MR) is 61.4 cm³/mol. The Kier molecular flexibility index (Phi) is 3.44. The zero-order valence-electron chi connectivity index (χ0n) is 9.10. The Hall–Kier alpha value is -1.84. The van der Waals surface area contributed by atoms with Crippen molar-refractivity contribution in [1.29, 1.82) is 0 Å². The summed E-state index contributed by atoms with van der Waals surface area (Å²) in [5.74, 6) is 0. The highest BCUT2D eigenvalue weighted by Gasteiger charge is 2.02. The van der Waals surface area contributed by atoms with Crippen LogP contribution in [0.5, 0.6) is 0 Å². The second-order valence-electron chi connectivity index (χ2n) is 3.53. The molecule has 1 aromatic rings. The minimum Gasteiger partial charge on any atom is -0.378 e. The Morgan fingerprint density at radius 1 is 1.47 bits per heavy atom. The largest absolute Gasteiger partial charge is 0.378 e. The van der Waals surface area contributed by atoms with Crippen LogP contribution in [0.15, 0.2) is 30.0 Å². The van der Waals surface area contributed by atoms with Crippen LogP contribution < -0.4 is 4.90 Å². The van der Waals surface area contributed by atoms with Crippen LogP contribution in [0.1, 0.15) is 12.5 Å². The Balaban J connectivity index is 3.01. The van der Waals surface area contributed by atoms with Crippen LogP contribution in [-0.4, -0.2) is 19.0 Å². The molecule has 0 bridgehead atoms. The van der Waals surface area contributed by atoms with Gasteiger partial charge in [-0.1, -0.05) is 12.1 Å². The molecule has 15 heavy (non-hydrogen) atoms. The van der Waals surface area contributed by atoms with Gasteiger partial charge in [0.15, 0.2) is 0 Å². The molecular weight excluding hydrogens is 192 g/mol. The van der Waals surface area contributed by atoms with Crippen molar-refractivity contribution in [2.75, 3.05) is 19.0 Å². The van der Waals surface area contributed by atoms with Crippen LogP contribution >= 0.6 is 0 Å². The minimum atomic E-state index is -0.387. The Morgan fingerprint density at radius 3 is 2.67 bits per heavy atom. The molecule has 0 aliphatic rings. The van der Waals surface area contributed by atoms with Gasteiger partial charge in [0, 0.05) is 32.8 Å². The monoisotopic (exact) mass is 206 g/mol. The van der Waals surface area contributed by atoms with E-state index in [1.165, 1.54) is 6.92 Å². The molecule has 0 fully saturated rings. The minimum absolute atomic E-state index is 0.144. The highest BCUT2D eigenvalue weighted by atomic mass is 16.6. The van der Waals surface area contributed by atoms with Gasteiger partial charge in [-0.2, -0.15) is 0 Å². The fourth-order valence-corrected chi connectivity index (χ4v) is 1.19. The lowest BCUT2D eigenvalue weighted by atomic mass is 10.1. The fraction of sp³-hybridized carbons (Fsp3) is 0.273. The highest BCUT2D eigenvalue weighted by Crippen LogP contribution is 2.15. The molecule has 4 heteroatoms. The van der Waals surface area contributed by atoms with Gasteiger partial charge < -0.3 is 4.90 Å². The van der Waals surface area contributed by atoms with Crippen molar-refractivity contribution in [2.45, 2.75) is 6.92 Å². The van der Waals surface area contributed by atoms with Gasteiger partial charge in [-0.3, -0.25) is 10.1 Å². The van der Waals surface area contributed by atoms with Crippen molar-refractivity contribution in [3.05, 3.63) is 45.6 Å². The van der Waals surface area contributed by atoms with Gasteiger partial charge >= 0.3 is 0 Å². The van der Waals surface area contributed by atoms with E-state index in [9.17, 15) is 10.1 Å². The molecule has 0 aliphatic carbocycles. The molecule has 0 aliphatic heterocycles. The molecule has 0 N–H and O–H groups in total. The third-order valence-electron chi connectivity index (χ3n) is 2.05. The highest BCUT2D eigenvalue weighted by molar-refractivity contribution is 5.58. The van der Waals surface area contributed by atoms with Gasteiger partial charge in [0.25, 0.3) is 0 Å². The van der Waals surface area contributed by atoms with Crippen molar-refractivity contribution in [2.24, 2.45) is 0 Å². The number of hydrogen-bond donors (Lipinski definition) is 0. The Bertz CT molecular complexity index is 397. The first-order chi connectivity index (χ1) is 7.00. The summed E-state index contributed by atoms with van der Waals surface area (Å²) in [6.07, 6.45) is 1.56. The normalized spacial score (nSPS) is 11.3. The van der Waals surface area contributed by atoms with E-state index in [2.05, 4.69) is 0 Å². The SMILES string of the molecule is CC(=Cc1cccc(N(C)C)c1)[N+](=O)[O-]. The van der Waals surface area contributed by atoms with E-state index in [-0.39, 0.29) is 10.6 Å². The topological polar surface area (TPSA) is 46.4 Å². The molecule has 0 amide bonds. The molecule has 0 saturated carbocycles. The fourth-order valence-electron chi connectivity index (χ4n) is 1.19. The first kappa shape index (κ1) is 11.2. The van der Waals surface area contributed by atoms with E-state index in [1.54, 1.807) is 6.08 Å². The molecule has 0 saturated heterocycles. The van der Waals surface area contributed by atoms with E-state index in [4.69, 9.17) is 0 Å². The lowest BCUT2D eigenvalue weighted by molar-refractivity contribution is -0.422. The first-order valence-corrected chi connectivity index (χ1v) is 4.61. The summed E-state index contributed by atoms with van der Waals surface area (Å²) in [6.45, 7) is 1.49. The molecule has 0 radical (unpaired) electrons. The molecule has 0 atom stereocenters. The Morgan fingerprint density at radius 2 is 2.13 bits per heavy atom. The van der Waals surface area contributed by atoms with Crippen molar-refractivity contribution >= 4 is 11.8 Å². The van der Waals surface area contributed by atoms with Crippen LogP contribution in [0.25, 0.3) is 6.08 Å². The molecule has 1 aromatic carbocycles. The van der Waals surface area contributed by atoms with Gasteiger partial charge in [0.05, 0.1) is 4.92 Å². The number of anilines is 1. The number of hydrogen-bond acceptors (Lipinski definition) is 3. The third-order valence-corrected chi connectivity index (χ3v) is 2.05. The molecule has 4 nitrogen and oxygen atoms in total. The van der Waals surface area contributed by atoms with E-state index in [0.29, 0.717) is 0 Å². The zero-order valence-corrected chi connectivity index (χ0v) is 9.10. The van der Waals surface area contributed by atoms with Crippen molar-refractivity contribution in [1.82, 2.24) is 0 Å². The van der Waals surface area contributed by atoms with Gasteiger partial charge in [-0.25, -0.2) is 0 Å². The second kappa shape index (κ2) is 4.59. The summed E-state index contributed by atoms with van der Waals surface area (Å²) in [5.41, 5.74) is 2.02. The summed E-state index contributed by atoms with van der Waals surface area (Å²) in [6, 6.07) is 7.60. The number of nitro groups is 1. The van der Waals surface area contributed by atoms with Crippen molar-refractivity contribution < 1.29 is 4.92 Å². The number of rotatable bonds is 3. The molecular formula is C11H14N2O2. The summed E-state index contributed by atoms with van der Waals surface area (Å²) >= 11 is 0. The lowest BCUT2D eigenvalue weighted by Crippen LogP contribution is -2.08.